The van der Waals surface area contributed by atoms with Crippen molar-refractivity contribution in [2.75, 3.05) is 0 Å². The normalized spacial score (nSPS) is 57.7. The summed E-state index contributed by atoms with van der Waals surface area (Å²) in [6.07, 6.45) is 5.03. The van der Waals surface area contributed by atoms with Crippen LogP contribution >= 0.6 is 0 Å². The van der Waals surface area contributed by atoms with E-state index < -0.39 is 0 Å². The van der Waals surface area contributed by atoms with E-state index in [-0.39, 0.29) is 0 Å². The maximum Gasteiger partial charge on any atom is 0.0762 e. The minimum Gasteiger partial charge on any atom is -0.190 e. The number of hydrogen-bond acceptors (Lipinski definition) is 4. The van der Waals surface area contributed by atoms with Crippen LogP contribution in [0.25, 0.3) is 0 Å². The summed E-state index contributed by atoms with van der Waals surface area (Å²) in [5.41, 5.74) is 0. The van der Waals surface area contributed by atoms with E-state index in [0.717, 1.165) is 0 Å². The number of fused-ring (bicyclic) bond motifs is 5. The Balaban J connectivity index is 1.66. The second-order valence-corrected chi connectivity index (χ2v) is 5.04. The SMILES string of the molecule is C1C[C@H]2N=N[C@H]1C2C1[C@H]2CC[C@H]1N=N2. The van der Waals surface area contributed by atoms with Gasteiger partial charge in [0, 0.05) is 11.8 Å². The van der Waals surface area contributed by atoms with E-state index in [1.54, 1.807) is 0 Å². The molecule has 2 saturated carbocycles. The molecule has 0 aromatic heterocycles. The van der Waals surface area contributed by atoms with Gasteiger partial charge < -0.3 is 0 Å². The Kier molecular flexibility index (Phi) is 1.29. The lowest BCUT2D eigenvalue weighted by Gasteiger charge is -2.22. The molecule has 0 aromatic carbocycles. The number of hydrogen-bond donors (Lipinski definition) is 0. The highest BCUT2D eigenvalue weighted by Crippen LogP contribution is 2.50. The fourth-order valence-corrected chi connectivity index (χ4v) is 3.87. The summed E-state index contributed by atoms with van der Waals surface area (Å²) < 4.78 is 0. The van der Waals surface area contributed by atoms with Gasteiger partial charge in [0.1, 0.15) is 0 Å². The van der Waals surface area contributed by atoms with Crippen LogP contribution in [0.4, 0.5) is 0 Å². The van der Waals surface area contributed by atoms with E-state index in [1.165, 1.54) is 25.7 Å². The molecule has 2 fully saturated rings. The molecule has 0 amide bonds. The fourth-order valence-electron chi connectivity index (χ4n) is 3.87. The molecule has 4 rings (SSSR count). The Hall–Kier alpha value is -0.800. The van der Waals surface area contributed by atoms with Gasteiger partial charge in [-0.25, -0.2) is 0 Å². The fraction of sp³-hybridized carbons (Fsp3) is 1.00. The second-order valence-electron chi connectivity index (χ2n) is 5.04. The van der Waals surface area contributed by atoms with Crippen molar-refractivity contribution in [3.8, 4) is 0 Å². The second kappa shape index (κ2) is 2.41. The zero-order valence-electron chi connectivity index (χ0n) is 8.08. The van der Waals surface area contributed by atoms with Gasteiger partial charge >= 0.3 is 0 Å². The smallest absolute Gasteiger partial charge is 0.0762 e. The van der Waals surface area contributed by atoms with Gasteiger partial charge in [-0.2, -0.15) is 20.5 Å². The maximum atomic E-state index is 4.37. The van der Waals surface area contributed by atoms with Crippen molar-refractivity contribution in [2.45, 2.75) is 49.9 Å². The first kappa shape index (κ1) is 7.49. The third-order valence-electron chi connectivity index (χ3n) is 4.46. The molecule has 2 aliphatic heterocycles. The average Bonchev–Trinajstić information content (AvgIpc) is 2.92. The predicted octanol–water partition coefficient (Wildman–Crippen LogP) is 2.21. The highest BCUT2D eigenvalue weighted by molar-refractivity contribution is 5.09. The predicted molar refractivity (Wildman–Crippen MR) is 50.3 cm³/mol. The lowest BCUT2D eigenvalue weighted by Crippen LogP contribution is -2.32. The van der Waals surface area contributed by atoms with Crippen LogP contribution in [0.1, 0.15) is 25.7 Å². The molecule has 0 N–H and O–H groups in total. The summed E-state index contributed by atoms with van der Waals surface area (Å²) in [4.78, 5) is 0. The van der Waals surface area contributed by atoms with Gasteiger partial charge in [-0.1, -0.05) is 0 Å². The van der Waals surface area contributed by atoms with Gasteiger partial charge in [0.05, 0.1) is 24.2 Å². The van der Waals surface area contributed by atoms with E-state index in [9.17, 15) is 0 Å². The van der Waals surface area contributed by atoms with Crippen LogP contribution < -0.4 is 0 Å². The van der Waals surface area contributed by atoms with Crippen molar-refractivity contribution in [1.29, 1.82) is 0 Å². The lowest BCUT2D eigenvalue weighted by molar-refractivity contribution is 0.302. The zero-order valence-corrected chi connectivity index (χ0v) is 8.08. The first-order chi connectivity index (χ1) is 6.93. The number of azo groups is 2. The molecule has 4 bridgehead atoms. The van der Waals surface area contributed by atoms with E-state index >= 15 is 0 Å². The molecule has 14 heavy (non-hydrogen) atoms. The first-order valence-corrected chi connectivity index (χ1v) is 5.73. The quantitative estimate of drug-likeness (QED) is 0.608. The third-order valence-corrected chi connectivity index (χ3v) is 4.46. The monoisotopic (exact) mass is 190 g/mol. The van der Waals surface area contributed by atoms with Crippen LogP contribution in [-0.2, 0) is 0 Å². The molecule has 4 atom stereocenters. The minimum absolute atomic E-state index is 0.525. The van der Waals surface area contributed by atoms with E-state index in [1.807, 2.05) is 0 Å². The van der Waals surface area contributed by atoms with Gasteiger partial charge in [-0.05, 0) is 25.7 Å². The van der Waals surface area contributed by atoms with Crippen LogP contribution in [0.3, 0.4) is 0 Å². The Morgan fingerprint density at radius 2 is 0.786 bits per heavy atom. The topological polar surface area (TPSA) is 49.4 Å². The van der Waals surface area contributed by atoms with Crippen molar-refractivity contribution in [3.05, 3.63) is 0 Å². The maximum absolute atomic E-state index is 4.37. The molecule has 0 saturated heterocycles. The molecule has 2 aliphatic carbocycles. The molecule has 0 spiro atoms. The lowest BCUT2D eigenvalue weighted by atomic mass is 9.82. The molecule has 0 unspecified atom stereocenters. The summed E-state index contributed by atoms with van der Waals surface area (Å²) in [7, 11) is 0. The van der Waals surface area contributed by atoms with Gasteiger partial charge in [0.2, 0.25) is 0 Å². The number of rotatable bonds is 1. The van der Waals surface area contributed by atoms with Crippen molar-refractivity contribution in [3.63, 3.8) is 0 Å². The van der Waals surface area contributed by atoms with Crippen LogP contribution in [-0.4, -0.2) is 24.2 Å². The minimum atomic E-state index is 0.525. The molecular formula is C10H14N4. The highest BCUT2D eigenvalue weighted by Gasteiger charge is 2.54. The molecule has 2 heterocycles. The van der Waals surface area contributed by atoms with Crippen molar-refractivity contribution in [1.82, 2.24) is 0 Å². The largest absolute Gasteiger partial charge is 0.190 e. The molecule has 4 aliphatic rings. The van der Waals surface area contributed by atoms with E-state index in [0.29, 0.717) is 36.0 Å². The Bertz CT molecular complexity index is 264. The summed E-state index contributed by atoms with van der Waals surface area (Å²) in [6.45, 7) is 0. The average molecular weight is 190 g/mol. The number of nitrogens with zero attached hydrogens (tertiary/aromatic N) is 4. The van der Waals surface area contributed by atoms with E-state index in [2.05, 4.69) is 20.5 Å². The summed E-state index contributed by atoms with van der Waals surface area (Å²) in [5.74, 6) is 1.39. The van der Waals surface area contributed by atoms with Crippen molar-refractivity contribution in [2.24, 2.45) is 32.3 Å². The van der Waals surface area contributed by atoms with Crippen molar-refractivity contribution >= 4 is 0 Å². The Morgan fingerprint density at radius 3 is 1.00 bits per heavy atom. The molecule has 0 radical (unpaired) electrons. The van der Waals surface area contributed by atoms with Gasteiger partial charge in [0.25, 0.3) is 0 Å². The summed E-state index contributed by atoms with van der Waals surface area (Å²) in [6, 6.07) is 2.10. The van der Waals surface area contributed by atoms with Crippen molar-refractivity contribution < 1.29 is 0 Å². The van der Waals surface area contributed by atoms with Crippen LogP contribution in [0.15, 0.2) is 20.5 Å². The molecule has 0 aromatic rings. The van der Waals surface area contributed by atoms with Gasteiger partial charge in [-0.15, -0.1) is 0 Å². The molecular weight excluding hydrogens is 176 g/mol. The highest BCUT2D eigenvalue weighted by atomic mass is 15.3. The first-order valence-electron chi connectivity index (χ1n) is 5.73. The Labute approximate surface area is 82.9 Å². The standard InChI is InChI=1S/C10H14N4/c1-2-6-9(5(1)11-12-6)10-7-3-4-8(10)14-13-7/h5-10H,1-4H2/t5-,6-,7-,8-/m1/s1. The Morgan fingerprint density at radius 1 is 0.500 bits per heavy atom. The zero-order chi connectivity index (χ0) is 9.12. The third kappa shape index (κ3) is 0.758. The molecule has 4 nitrogen and oxygen atoms in total. The molecule has 74 valence electrons. The van der Waals surface area contributed by atoms with Gasteiger partial charge in [-0.3, -0.25) is 0 Å². The van der Waals surface area contributed by atoms with Crippen LogP contribution in [0.2, 0.25) is 0 Å². The summed E-state index contributed by atoms with van der Waals surface area (Å²) in [5, 5.41) is 17.5. The van der Waals surface area contributed by atoms with E-state index in [4.69, 9.17) is 0 Å². The van der Waals surface area contributed by atoms with Gasteiger partial charge in [0.15, 0.2) is 0 Å². The summed E-state index contributed by atoms with van der Waals surface area (Å²) >= 11 is 0. The van der Waals surface area contributed by atoms with Crippen LogP contribution in [0.5, 0.6) is 0 Å². The van der Waals surface area contributed by atoms with Crippen LogP contribution in [0, 0.1) is 11.8 Å². The molecule has 4 heteroatoms.